The van der Waals surface area contributed by atoms with Gasteiger partial charge < -0.3 is 10.1 Å². The van der Waals surface area contributed by atoms with E-state index in [2.05, 4.69) is 34.3 Å². The van der Waals surface area contributed by atoms with Gasteiger partial charge >= 0.3 is 0 Å². The summed E-state index contributed by atoms with van der Waals surface area (Å²) in [4.78, 5) is 2.43. The maximum absolute atomic E-state index is 5.63. The predicted molar refractivity (Wildman–Crippen MR) is 79.7 cm³/mol. The summed E-state index contributed by atoms with van der Waals surface area (Å²) in [6.45, 7) is 10.2. The highest BCUT2D eigenvalue weighted by Crippen LogP contribution is 2.08. The van der Waals surface area contributed by atoms with E-state index in [1.54, 1.807) is 0 Å². The number of ether oxygens (including phenoxy) is 1. The van der Waals surface area contributed by atoms with Crippen LogP contribution in [0.5, 0.6) is 5.88 Å². The minimum Gasteiger partial charge on any atom is -0.475 e. The first kappa shape index (κ1) is 15.2. The fraction of sp³-hybridized carbons (Fsp3) is 0.733. The summed E-state index contributed by atoms with van der Waals surface area (Å²) >= 11 is 0. The molecule has 0 radical (unpaired) electrons. The van der Waals surface area contributed by atoms with Crippen molar-refractivity contribution in [3.63, 3.8) is 0 Å². The van der Waals surface area contributed by atoms with Gasteiger partial charge in [-0.2, -0.15) is 5.10 Å². The Morgan fingerprint density at radius 2 is 2.05 bits per heavy atom. The molecule has 20 heavy (non-hydrogen) atoms. The largest absolute Gasteiger partial charge is 0.475 e. The summed E-state index contributed by atoms with van der Waals surface area (Å²) in [5.41, 5.74) is 0.956. The number of nitrogens with zero attached hydrogens (tertiary/aromatic N) is 3. The average molecular weight is 278 g/mol. The van der Waals surface area contributed by atoms with E-state index in [-0.39, 0.29) is 0 Å². The summed E-state index contributed by atoms with van der Waals surface area (Å²) in [6.07, 6.45) is 2.63. The quantitative estimate of drug-likeness (QED) is 0.784. The molecule has 1 aromatic rings. The molecule has 0 aliphatic carbocycles. The van der Waals surface area contributed by atoms with Crippen LogP contribution in [0.4, 0.5) is 0 Å². The Morgan fingerprint density at radius 3 is 2.70 bits per heavy atom. The fourth-order valence-electron chi connectivity index (χ4n) is 2.29. The Balaban J connectivity index is 1.65. The van der Waals surface area contributed by atoms with Crippen LogP contribution >= 0.6 is 0 Å². The van der Waals surface area contributed by atoms with Gasteiger partial charge in [0.25, 0.3) is 0 Å². The summed E-state index contributed by atoms with van der Waals surface area (Å²) in [5, 5.41) is 11.6. The fourth-order valence-corrected chi connectivity index (χ4v) is 2.29. The third kappa shape index (κ3) is 5.43. The van der Waals surface area contributed by atoms with Gasteiger partial charge in [-0.1, -0.05) is 13.8 Å². The van der Waals surface area contributed by atoms with Crippen LogP contribution < -0.4 is 10.1 Å². The summed E-state index contributed by atoms with van der Waals surface area (Å²) < 4.78 is 5.63. The van der Waals surface area contributed by atoms with E-state index in [1.807, 2.05) is 12.1 Å². The van der Waals surface area contributed by atoms with E-state index in [1.165, 1.54) is 25.9 Å². The zero-order chi connectivity index (χ0) is 14.2. The van der Waals surface area contributed by atoms with Crippen LogP contribution in [0.15, 0.2) is 12.1 Å². The molecule has 1 aliphatic rings. The van der Waals surface area contributed by atoms with Crippen LogP contribution in [0.1, 0.15) is 32.4 Å². The first-order valence-electron chi connectivity index (χ1n) is 7.62. The number of rotatable bonds is 8. The monoisotopic (exact) mass is 278 g/mol. The van der Waals surface area contributed by atoms with Crippen molar-refractivity contribution in [3.8, 4) is 5.88 Å². The van der Waals surface area contributed by atoms with Crippen LogP contribution in [0.3, 0.4) is 0 Å². The molecule has 1 N–H and O–H groups in total. The molecule has 1 aliphatic heterocycles. The van der Waals surface area contributed by atoms with Crippen molar-refractivity contribution < 1.29 is 4.74 Å². The summed E-state index contributed by atoms with van der Waals surface area (Å²) in [5.74, 6) is 1.27. The van der Waals surface area contributed by atoms with E-state index in [0.29, 0.717) is 18.4 Å². The molecule has 0 amide bonds. The van der Waals surface area contributed by atoms with E-state index in [0.717, 1.165) is 25.3 Å². The van der Waals surface area contributed by atoms with Crippen LogP contribution in [-0.2, 0) is 6.54 Å². The van der Waals surface area contributed by atoms with Gasteiger partial charge in [0.05, 0.1) is 5.69 Å². The zero-order valence-electron chi connectivity index (χ0n) is 12.6. The van der Waals surface area contributed by atoms with Crippen LogP contribution in [0.2, 0.25) is 0 Å². The molecule has 1 saturated heterocycles. The SMILES string of the molecule is CC(C)CNCc1ccc(OCCN2CCCC2)nn1. The standard InChI is InChI=1S/C15H26N4O/c1-13(2)11-16-12-14-5-6-15(18-17-14)20-10-9-19-7-3-4-8-19/h5-6,13,16H,3-4,7-12H2,1-2H3. The van der Waals surface area contributed by atoms with Gasteiger partial charge in [-0.05, 0) is 44.5 Å². The first-order chi connectivity index (χ1) is 9.74. The van der Waals surface area contributed by atoms with Crippen molar-refractivity contribution in [1.29, 1.82) is 0 Å². The minimum absolute atomic E-state index is 0.622. The second-order valence-corrected chi connectivity index (χ2v) is 5.78. The predicted octanol–water partition coefficient (Wildman–Crippen LogP) is 1.70. The van der Waals surface area contributed by atoms with Gasteiger partial charge in [0, 0.05) is 19.2 Å². The highest BCUT2D eigenvalue weighted by molar-refractivity contribution is 5.11. The highest BCUT2D eigenvalue weighted by Gasteiger charge is 2.10. The molecular formula is C15H26N4O. The molecule has 0 spiro atoms. The maximum Gasteiger partial charge on any atom is 0.233 e. The Hall–Kier alpha value is -1.20. The van der Waals surface area contributed by atoms with Crippen molar-refractivity contribution in [2.24, 2.45) is 5.92 Å². The third-order valence-electron chi connectivity index (χ3n) is 3.41. The molecule has 0 bridgehead atoms. The number of nitrogens with one attached hydrogen (secondary N) is 1. The molecule has 112 valence electrons. The Morgan fingerprint density at radius 1 is 1.25 bits per heavy atom. The van der Waals surface area contributed by atoms with Gasteiger partial charge in [-0.15, -0.1) is 5.10 Å². The molecular weight excluding hydrogens is 252 g/mol. The van der Waals surface area contributed by atoms with Crippen molar-refractivity contribution in [3.05, 3.63) is 17.8 Å². The van der Waals surface area contributed by atoms with Crippen molar-refractivity contribution in [2.45, 2.75) is 33.2 Å². The molecule has 2 heterocycles. The highest BCUT2D eigenvalue weighted by atomic mass is 16.5. The minimum atomic E-state index is 0.622. The number of likely N-dealkylation sites (tertiary alicyclic amines) is 1. The van der Waals surface area contributed by atoms with Gasteiger partial charge in [-0.3, -0.25) is 4.90 Å². The molecule has 2 rings (SSSR count). The van der Waals surface area contributed by atoms with E-state index in [4.69, 9.17) is 4.74 Å². The molecule has 0 unspecified atom stereocenters. The number of aromatic nitrogens is 2. The lowest BCUT2D eigenvalue weighted by Gasteiger charge is -2.14. The van der Waals surface area contributed by atoms with Crippen LogP contribution in [0, 0.1) is 5.92 Å². The smallest absolute Gasteiger partial charge is 0.233 e. The molecule has 0 saturated carbocycles. The average Bonchev–Trinajstić information content (AvgIpc) is 2.93. The van der Waals surface area contributed by atoms with Crippen molar-refractivity contribution in [2.75, 3.05) is 32.8 Å². The molecule has 0 aromatic carbocycles. The van der Waals surface area contributed by atoms with E-state index >= 15 is 0 Å². The lowest BCUT2D eigenvalue weighted by atomic mass is 10.2. The lowest BCUT2D eigenvalue weighted by Crippen LogP contribution is -2.25. The Kier molecular flexibility index (Phi) is 6.21. The molecule has 1 aromatic heterocycles. The molecule has 0 atom stereocenters. The van der Waals surface area contributed by atoms with E-state index < -0.39 is 0 Å². The van der Waals surface area contributed by atoms with Crippen molar-refractivity contribution >= 4 is 0 Å². The van der Waals surface area contributed by atoms with E-state index in [9.17, 15) is 0 Å². The van der Waals surface area contributed by atoms with Crippen molar-refractivity contribution in [1.82, 2.24) is 20.4 Å². The number of hydrogen-bond acceptors (Lipinski definition) is 5. The topological polar surface area (TPSA) is 50.3 Å². The van der Waals surface area contributed by atoms with Crippen LogP contribution in [-0.4, -0.2) is 47.9 Å². The Labute approximate surface area is 121 Å². The Bertz CT molecular complexity index is 374. The lowest BCUT2D eigenvalue weighted by molar-refractivity contribution is 0.230. The van der Waals surface area contributed by atoms with Gasteiger partial charge in [0.1, 0.15) is 6.61 Å². The maximum atomic E-state index is 5.63. The zero-order valence-corrected chi connectivity index (χ0v) is 12.6. The van der Waals surface area contributed by atoms with Gasteiger partial charge in [0.2, 0.25) is 5.88 Å². The first-order valence-corrected chi connectivity index (χ1v) is 7.62. The summed E-state index contributed by atoms with van der Waals surface area (Å²) in [7, 11) is 0. The second kappa shape index (κ2) is 8.17. The second-order valence-electron chi connectivity index (χ2n) is 5.78. The molecule has 1 fully saturated rings. The van der Waals surface area contributed by atoms with Gasteiger partial charge in [-0.25, -0.2) is 0 Å². The summed E-state index contributed by atoms with van der Waals surface area (Å²) in [6, 6.07) is 3.88. The molecule has 5 heteroatoms. The van der Waals surface area contributed by atoms with Gasteiger partial charge in [0.15, 0.2) is 0 Å². The van der Waals surface area contributed by atoms with Crippen LogP contribution in [0.25, 0.3) is 0 Å². The normalized spacial score (nSPS) is 15.9. The molecule has 5 nitrogen and oxygen atoms in total. The third-order valence-corrected chi connectivity index (χ3v) is 3.41. The number of hydrogen-bond donors (Lipinski definition) is 1.